The molecular weight excluding hydrogens is 298 g/mol. The van der Waals surface area contributed by atoms with E-state index < -0.39 is 5.63 Å². The summed E-state index contributed by atoms with van der Waals surface area (Å²) in [4.78, 5) is 16.1. The van der Waals surface area contributed by atoms with Gasteiger partial charge in [-0.15, -0.1) is 0 Å². The first-order valence-electron chi connectivity index (χ1n) is 6.86. The van der Waals surface area contributed by atoms with Crippen LogP contribution in [0.1, 0.15) is 0 Å². The van der Waals surface area contributed by atoms with E-state index in [2.05, 4.69) is 4.98 Å². The molecule has 0 unspecified atom stereocenters. The van der Waals surface area contributed by atoms with Crippen LogP contribution < -0.4 is 19.8 Å². The molecule has 118 valence electrons. The molecule has 2 aromatic heterocycles. The average Bonchev–Trinajstić information content (AvgIpc) is 2.59. The van der Waals surface area contributed by atoms with Gasteiger partial charge in [-0.05, 0) is 6.07 Å². The van der Waals surface area contributed by atoms with Crippen LogP contribution in [-0.2, 0) is 0 Å². The van der Waals surface area contributed by atoms with Crippen molar-refractivity contribution in [3.8, 4) is 28.5 Å². The summed E-state index contributed by atoms with van der Waals surface area (Å²) in [7, 11) is 4.63. The van der Waals surface area contributed by atoms with Crippen molar-refractivity contribution in [3.63, 3.8) is 0 Å². The molecule has 23 heavy (non-hydrogen) atoms. The zero-order chi connectivity index (χ0) is 16.4. The summed E-state index contributed by atoms with van der Waals surface area (Å²) in [6.07, 6.45) is 1.64. The van der Waals surface area contributed by atoms with Gasteiger partial charge in [-0.2, -0.15) is 0 Å². The summed E-state index contributed by atoms with van der Waals surface area (Å²) in [5, 5.41) is 0.680. The van der Waals surface area contributed by atoms with E-state index >= 15 is 0 Å². The van der Waals surface area contributed by atoms with Crippen molar-refractivity contribution in [1.29, 1.82) is 0 Å². The summed E-state index contributed by atoms with van der Waals surface area (Å²) in [5.74, 6) is 1.59. The number of nitrogens with zero attached hydrogens (tertiary/aromatic N) is 1. The van der Waals surface area contributed by atoms with E-state index in [0.717, 1.165) is 5.56 Å². The van der Waals surface area contributed by atoms with Crippen LogP contribution in [0.2, 0.25) is 0 Å². The Morgan fingerprint density at radius 2 is 1.83 bits per heavy atom. The van der Waals surface area contributed by atoms with Crippen molar-refractivity contribution in [1.82, 2.24) is 4.98 Å². The fraction of sp³-hybridized carbons (Fsp3) is 0.176. The third kappa shape index (κ3) is 2.70. The highest BCUT2D eigenvalue weighted by Gasteiger charge is 2.15. The van der Waals surface area contributed by atoms with Gasteiger partial charge in [0, 0.05) is 41.6 Å². The highest BCUT2D eigenvalue weighted by molar-refractivity contribution is 5.98. The largest absolute Gasteiger partial charge is 0.496 e. The van der Waals surface area contributed by atoms with Crippen LogP contribution >= 0.6 is 0 Å². The normalized spacial score (nSPS) is 10.6. The first-order chi connectivity index (χ1) is 11.2. The Morgan fingerprint density at radius 1 is 1.00 bits per heavy atom. The summed E-state index contributed by atoms with van der Waals surface area (Å²) >= 11 is 0. The van der Waals surface area contributed by atoms with Crippen LogP contribution in [0.15, 0.2) is 45.7 Å². The van der Waals surface area contributed by atoms with Gasteiger partial charge >= 0.3 is 5.63 Å². The van der Waals surface area contributed by atoms with Crippen LogP contribution in [-0.4, -0.2) is 26.3 Å². The molecule has 2 heterocycles. The van der Waals surface area contributed by atoms with Crippen LogP contribution in [0, 0.1) is 0 Å². The number of benzene rings is 1. The van der Waals surface area contributed by atoms with Crippen molar-refractivity contribution in [2.75, 3.05) is 21.3 Å². The van der Waals surface area contributed by atoms with Gasteiger partial charge in [0.05, 0.1) is 26.7 Å². The predicted molar refractivity (Wildman–Crippen MR) is 85.4 cm³/mol. The minimum atomic E-state index is -0.460. The SMILES string of the molecule is COc1cc(OC)c2c(-c3ccc(OC)nc3)cc(=O)oc2c1. The molecule has 0 amide bonds. The lowest BCUT2D eigenvalue weighted by atomic mass is 10.0. The van der Waals surface area contributed by atoms with Gasteiger partial charge in [-0.3, -0.25) is 0 Å². The number of aromatic nitrogens is 1. The maximum Gasteiger partial charge on any atom is 0.336 e. The topological polar surface area (TPSA) is 70.8 Å². The smallest absolute Gasteiger partial charge is 0.336 e. The molecule has 3 aromatic rings. The van der Waals surface area contributed by atoms with Gasteiger partial charge in [-0.1, -0.05) is 0 Å². The van der Waals surface area contributed by atoms with Gasteiger partial charge in [-0.25, -0.2) is 9.78 Å². The minimum Gasteiger partial charge on any atom is -0.496 e. The van der Waals surface area contributed by atoms with Gasteiger partial charge in [0.15, 0.2) is 0 Å². The fourth-order valence-corrected chi connectivity index (χ4v) is 2.41. The lowest BCUT2D eigenvalue weighted by molar-refractivity contribution is 0.396. The Morgan fingerprint density at radius 3 is 2.43 bits per heavy atom. The summed E-state index contributed by atoms with van der Waals surface area (Å²) in [6, 6.07) is 8.36. The Hall–Kier alpha value is -3.02. The summed E-state index contributed by atoms with van der Waals surface area (Å²) in [5.41, 5.74) is 1.36. The number of ether oxygens (including phenoxy) is 3. The Labute approximate surface area is 132 Å². The van der Waals surface area contributed by atoms with Gasteiger partial charge < -0.3 is 18.6 Å². The highest BCUT2D eigenvalue weighted by Crippen LogP contribution is 2.37. The number of hydrogen-bond acceptors (Lipinski definition) is 6. The first kappa shape index (κ1) is 14.9. The van der Waals surface area contributed by atoms with Gasteiger partial charge in [0.2, 0.25) is 5.88 Å². The molecule has 0 atom stereocenters. The summed E-state index contributed by atoms with van der Waals surface area (Å²) < 4.78 is 21.0. The predicted octanol–water partition coefficient (Wildman–Crippen LogP) is 2.88. The Balaban J connectivity index is 2.32. The molecule has 1 aromatic carbocycles. The van der Waals surface area contributed by atoms with Crippen LogP contribution in [0.25, 0.3) is 22.1 Å². The van der Waals surface area contributed by atoms with Crippen molar-refractivity contribution in [2.24, 2.45) is 0 Å². The lowest BCUT2D eigenvalue weighted by Gasteiger charge is -2.11. The van der Waals surface area contributed by atoms with Crippen LogP contribution in [0.4, 0.5) is 0 Å². The standard InChI is InChI=1S/C17H15NO5/c1-20-11-6-13(21-2)17-12(8-16(19)23-14(17)7-11)10-4-5-15(22-3)18-9-10/h4-9H,1-3H3. The van der Waals surface area contributed by atoms with E-state index in [1.54, 1.807) is 38.6 Å². The Kier molecular flexibility index (Phi) is 3.89. The molecular formula is C17H15NO5. The average molecular weight is 313 g/mol. The second-order valence-electron chi connectivity index (χ2n) is 4.77. The Bertz CT molecular complexity index is 899. The van der Waals surface area contributed by atoms with Crippen LogP contribution in [0.5, 0.6) is 17.4 Å². The maximum atomic E-state index is 11.9. The number of hydrogen-bond donors (Lipinski definition) is 0. The molecule has 6 nitrogen and oxygen atoms in total. The molecule has 3 rings (SSSR count). The summed E-state index contributed by atoms with van der Waals surface area (Å²) in [6.45, 7) is 0. The van der Waals surface area contributed by atoms with Crippen molar-refractivity contribution in [3.05, 3.63) is 46.9 Å². The minimum absolute atomic E-state index is 0.388. The van der Waals surface area contributed by atoms with Gasteiger partial charge in [0.1, 0.15) is 17.1 Å². The van der Waals surface area contributed by atoms with E-state index in [4.69, 9.17) is 18.6 Å². The highest BCUT2D eigenvalue weighted by atomic mass is 16.5. The molecule has 6 heteroatoms. The zero-order valence-electron chi connectivity index (χ0n) is 13.0. The fourth-order valence-electron chi connectivity index (χ4n) is 2.41. The number of fused-ring (bicyclic) bond motifs is 1. The van der Waals surface area contributed by atoms with Crippen molar-refractivity contribution < 1.29 is 18.6 Å². The number of methoxy groups -OCH3 is 3. The van der Waals surface area contributed by atoms with Gasteiger partial charge in [0.25, 0.3) is 0 Å². The van der Waals surface area contributed by atoms with E-state index in [1.807, 2.05) is 6.07 Å². The number of pyridine rings is 1. The maximum absolute atomic E-state index is 11.9. The second kappa shape index (κ2) is 6.00. The third-order valence-electron chi connectivity index (χ3n) is 3.49. The monoisotopic (exact) mass is 313 g/mol. The molecule has 0 aliphatic rings. The molecule has 0 bridgehead atoms. The van der Waals surface area contributed by atoms with E-state index in [1.165, 1.54) is 13.2 Å². The first-order valence-corrected chi connectivity index (χ1v) is 6.86. The van der Waals surface area contributed by atoms with Crippen molar-refractivity contribution >= 4 is 11.0 Å². The van der Waals surface area contributed by atoms with E-state index in [9.17, 15) is 4.79 Å². The van der Waals surface area contributed by atoms with E-state index in [0.29, 0.717) is 33.9 Å². The lowest BCUT2D eigenvalue weighted by Crippen LogP contribution is -2.00. The third-order valence-corrected chi connectivity index (χ3v) is 3.49. The molecule has 0 saturated heterocycles. The molecule has 0 saturated carbocycles. The molecule has 0 radical (unpaired) electrons. The van der Waals surface area contributed by atoms with Crippen molar-refractivity contribution in [2.45, 2.75) is 0 Å². The molecule has 0 aliphatic carbocycles. The molecule has 0 fully saturated rings. The second-order valence-corrected chi connectivity index (χ2v) is 4.77. The zero-order valence-corrected chi connectivity index (χ0v) is 13.0. The molecule has 0 N–H and O–H groups in total. The quantitative estimate of drug-likeness (QED) is 0.690. The molecule has 0 aliphatic heterocycles. The van der Waals surface area contributed by atoms with Crippen LogP contribution in [0.3, 0.4) is 0 Å². The molecule has 0 spiro atoms. The number of rotatable bonds is 4. The van der Waals surface area contributed by atoms with E-state index in [-0.39, 0.29) is 0 Å².